The van der Waals surface area contributed by atoms with E-state index in [2.05, 4.69) is 5.32 Å². The van der Waals surface area contributed by atoms with Gasteiger partial charge in [0.15, 0.2) is 5.76 Å². The van der Waals surface area contributed by atoms with Gasteiger partial charge in [0.05, 0.1) is 12.8 Å². The quantitative estimate of drug-likeness (QED) is 0.796. The highest BCUT2D eigenvalue weighted by Crippen LogP contribution is 2.00. The van der Waals surface area contributed by atoms with E-state index in [1.807, 2.05) is 6.92 Å². The molecule has 0 spiro atoms. The third-order valence-corrected chi connectivity index (χ3v) is 3.57. The zero-order valence-corrected chi connectivity index (χ0v) is 12.1. The molecule has 7 nitrogen and oxygen atoms in total. The van der Waals surface area contributed by atoms with Crippen LogP contribution >= 0.6 is 11.3 Å². The van der Waals surface area contributed by atoms with E-state index in [0.29, 0.717) is 6.54 Å². The molecule has 0 bridgehead atoms. The average molecular weight is 310 g/mol. The van der Waals surface area contributed by atoms with E-state index in [9.17, 15) is 14.4 Å². The third-order valence-electron chi connectivity index (χ3n) is 2.69. The van der Waals surface area contributed by atoms with Crippen LogP contribution in [0.1, 0.15) is 16.2 Å². The molecular formula is C13H14N2O5S. The number of hydrogen-bond acceptors (Lipinski definition) is 6. The van der Waals surface area contributed by atoms with Crippen LogP contribution in [0.15, 0.2) is 33.0 Å². The number of thiazole rings is 1. The molecule has 0 aliphatic carbocycles. The Kier molecular flexibility index (Phi) is 4.94. The minimum atomic E-state index is -0.573. The van der Waals surface area contributed by atoms with Crippen molar-refractivity contribution in [2.75, 3.05) is 13.2 Å². The van der Waals surface area contributed by atoms with E-state index in [4.69, 9.17) is 9.15 Å². The summed E-state index contributed by atoms with van der Waals surface area (Å²) in [6.07, 6.45) is 1.37. The van der Waals surface area contributed by atoms with Gasteiger partial charge in [-0.3, -0.25) is 19.0 Å². The Labute approximate surface area is 124 Å². The number of amides is 1. The number of carbonyl (C=O) groups excluding carboxylic acids is 2. The second-order valence-corrected chi connectivity index (χ2v) is 5.00. The summed E-state index contributed by atoms with van der Waals surface area (Å²) in [5.41, 5.74) is 0.826. The lowest BCUT2D eigenvalue weighted by molar-refractivity contribution is -0.142. The van der Waals surface area contributed by atoms with E-state index >= 15 is 0 Å². The Hall–Kier alpha value is -2.35. The van der Waals surface area contributed by atoms with Gasteiger partial charge in [-0.05, 0) is 19.1 Å². The molecule has 0 radical (unpaired) electrons. The highest BCUT2D eigenvalue weighted by atomic mass is 32.1. The van der Waals surface area contributed by atoms with Crippen LogP contribution in [0.25, 0.3) is 0 Å². The summed E-state index contributed by atoms with van der Waals surface area (Å²) in [5, 5.41) is 4.12. The molecular weight excluding hydrogens is 296 g/mol. The first-order chi connectivity index (χ1) is 10.1. The van der Waals surface area contributed by atoms with Crippen molar-refractivity contribution in [1.82, 2.24) is 9.88 Å². The summed E-state index contributed by atoms with van der Waals surface area (Å²) in [5.74, 6) is -0.930. The Morgan fingerprint density at radius 1 is 1.48 bits per heavy atom. The maximum atomic E-state index is 11.5. The zero-order chi connectivity index (χ0) is 15.2. The van der Waals surface area contributed by atoms with Gasteiger partial charge in [0, 0.05) is 11.1 Å². The monoisotopic (exact) mass is 310 g/mol. The number of hydrogen-bond donors (Lipinski definition) is 1. The van der Waals surface area contributed by atoms with E-state index in [1.54, 1.807) is 11.4 Å². The molecule has 112 valence electrons. The summed E-state index contributed by atoms with van der Waals surface area (Å²) in [6, 6.07) is 3.07. The molecule has 8 heteroatoms. The number of rotatable bonds is 6. The van der Waals surface area contributed by atoms with Crippen LogP contribution in [-0.2, 0) is 16.1 Å². The number of nitrogens with zero attached hydrogens (tertiary/aromatic N) is 1. The van der Waals surface area contributed by atoms with Gasteiger partial charge >= 0.3 is 10.8 Å². The molecule has 0 aliphatic rings. The van der Waals surface area contributed by atoms with Gasteiger partial charge in [-0.25, -0.2) is 0 Å². The first kappa shape index (κ1) is 15.0. The highest BCUT2D eigenvalue weighted by Gasteiger charge is 2.11. The number of aryl methyl sites for hydroxylation is 1. The van der Waals surface area contributed by atoms with Gasteiger partial charge in [0.2, 0.25) is 0 Å². The van der Waals surface area contributed by atoms with Crippen molar-refractivity contribution < 1.29 is 18.7 Å². The maximum absolute atomic E-state index is 11.5. The molecule has 2 rings (SSSR count). The Balaban J connectivity index is 1.71. The fraction of sp³-hybridized carbons (Fsp3) is 0.308. The van der Waals surface area contributed by atoms with Crippen molar-refractivity contribution in [2.24, 2.45) is 0 Å². The van der Waals surface area contributed by atoms with Crippen molar-refractivity contribution in [2.45, 2.75) is 13.5 Å². The number of ether oxygens (including phenoxy) is 1. The number of furan rings is 1. The molecule has 0 saturated carbocycles. The van der Waals surface area contributed by atoms with Gasteiger partial charge in [0.1, 0.15) is 13.2 Å². The number of carbonyl (C=O) groups is 2. The molecule has 1 amide bonds. The van der Waals surface area contributed by atoms with Crippen molar-refractivity contribution in [1.29, 1.82) is 0 Å². The maximum Gasteiger partial charge on any atom is 0.325 e. The first-order valence-electron chi connectivity index (χ1n) is 6.20. The summed E-state index contributed by atoms with van der Waals surface area (Å²) in [6.45, 7) is 1.93. The predicted octanol–water partition coefficient (Wildman–Crippen LogP) is 0.784. The van der Waals surface area contributed by atoms with Crippen LogP contribution in [0, 0.1) is 6.92 Å². The van der Waals surface area contributed by atoms with Crippen LogP contribution in [0.3, 0.4) is 0 Å². The standard InChI is InChI=1S/C13H14N2O5S/c1-9-8-21-13(18)15(9)4-6-20-11(16)7-14-12(17)10-3-2-5-19-10/h2-3,5,8H,4,6-7H2,1H3,(H,14,17). The van der Waals surface area contributed by atoms with Crippen LogP contribution in [0.4, 0.5) is 0 Å². The van der Waals surface area contributed by atoms with Crippen LogP contribution < -0.4 is 10.2 Å². The van der Waals surface area contributed by atoms with Crippen LogP contribution in [0.2, 0.25) is 0 Å². The van der Waals surface area contributed by atoms with Crippen LogP contribution in [-0.4, -0.2) is 29.6 Å². The molecule has 2 aromatic heterocycles. The molecule has 0 atom stereocenters. The molecule has 1 N–H and O–H groups in total. The number of esters is 1. The van der Waals surface area contributed by atoms with E-state index < -0.39 is 11.9 Å². The van der Waals surface area contributed by atoms with Gasteiger partial charge in [-0.2, -0.15) is 0 Å². The average Bonchev–Trinajstić information content (AvgIpc) is 3.09. The molecule has 0 aromatic carbocycles. The highest BCUT2D eigenvalue weighted by molar-refractivity contribution is 7.07. The molecule has 21 heavy (non-hydrogen) atoms. The van der Waals surface area contributed by atoms with Gasteiger partial charge in [-0.1, -0.05) is 11.3 Å². The normalized spacial score (nSPS) is 10.3. The van der Waals surface area contributed by atoms with E-state index in [1.165, 1.54) is 16.9 Å². The first-order valence-corrected chi connectivity index (χ1v) is 7.08. The second-order valence-electron chi connectivity index (χ2n) is 4.18. The summed E-state index contributed by atoms with van der Waals surface area (Å²) < 4.78 is 11.4. The Morgan fingerprint density at radius 2 is 2.29 bits per heavy atom. The van der Waals surface area contributed by atoms with E-state index in [0.717, 1.165) is 17.0 Å². The van der Waals surface area contributed by atoms with Gasteiger partial charge in [-0.15, -0.1) is 0 Å². The summed E-state index contributed by atoms with van der Waals surface area (Å²) in [4.78, 5) is 34.3. The Morgan fingerprint density at radius 3 is 2.90 bits per heavy atom. The SMILES string of the molecule is Cc1csc(=O)n1CCOC(=O)CNC(=O)c1ccco1. The molecule has 0 fully saturated rings. The lowest BCUT2D eigenvalue weighted by atomic mass is 10.4. The fourth-order valence-electron chi connectivity index (χ4n) is 1.62. The van der Waals surface area contributed by atoms with Crippen molar-refractivity contribution in [3.05, 3.63) is 44.9 Å². The fourth-order valence-corrected chi connectivity index (χ4v) is 2.38. The zero-order valence-electron chi connectivity index (χ0n) is 11.3. The summed E-state index contributed by atoms with van der Waals surface area (Å²) in [7, 11) is 0. The molecule has 2 aromatic rings. The second kappa shape index (κ2) is 6.89. The van der Waals surface area contributed by atoms with Gasteiger partial charge in [0.25, 0.3) is 5.91 Å². The largest absolute Gasteiger partial charge is 0.462 e. The van der Waals surface area contributed by atoms with Gasteiger partial charge < -0.3 is 14.5 Å². The predicted molar refractivity (Wildman–Crippen MR) is 75.3 cm³/mol. The molecule has 0 unspecified atom stereocenters. The Bertz CT molecular complexity index is 671. The smallest absolute Gasteiger partial charge is 0.325 e. The van der Waals surface area contributed by atoms with E-state index in [-0.39, 0.29) is 23.8 Å². The van der Waals surface area contributed by atoms with Crippen molar-refractivity contribution in [3.63, 3.8) is 0 Å². The van der Waals surface area contributed by atoms with Crippen LogP contribution in [0.5, 0.6) is 0 Å². The lowest BCUT2D eigenvalue weighted by Crippen LogP contribution is -2.31. The topological polar surface area (TPSA) is 90.5 Å². The number of aromatic nitrogens is 1. The minimum Gasteiger partial charge on any atom is -0.462 e. The van der Waals surface area contributed by atoms with Crippen molar-refractivity contribution >= 4 is 23.2 Å². The van der Waals surface area contributed by atoms with Crippen molar-refractivity contribution in [3.8, 4) is 0 Å². The minimum absolute atomic E-state index is 0.0763. The molecule has 0 aliphatic heterocycles. The lowest BCUT2D eigenvalue weighted by Gasteiger charge is -2.07. The molecule has 2 heterocycles. The third kappa shape index (κ3) is 4.06. The number of nitrogens with one attached hydrogen (secondary N) is 1. The summed E-state index contributed by atoms with van der Waals surface area (Å²) >= 11 is 1.10. The molecule has 0 saturated heterocycles.